The summed E-state index contributed by atoms with van der Waals surface area (Å²) in [6, 6.07) is 3.27. The minimum Gasteiger partial charge on any atom is -0.479 e. The fraction of sp³-hybridized carbons (Fsp3) is 0.174. The van der Waals surface area contributed by atoms with Crippen LogP contribution in [-0.4, -0.2) is 79.2 Å². The quantitative estimate of drug-likeness (QED) is 0.231. The van der Waals surface area contributed by atoms with E-state index in [9.17, 15) is 15.6 Å². The molecule has 0 bridgehead atoms. The molecule has 0 unspecified atom stereocenters. The highest BCUT2D eigenvalue weighted by Crippen LogP contribution is 2.30. The zero-order valence-corrected chi connectivity index (χ0v) is 23.6. The van der Waals surface area contributed by atoms with Crippen molar-refractivity contribution in [2.24, 2.45) is 20.5 Å². The van der Waals surface area contributed by atoms with Crippen molar-refractivity contribution in [2.75, 3.05) is 0 Å². The Morgan fingerprint density at radius 2 is 1.11 bits per heavy atom. The van der Waals surface area contributed by atoms with Crippen molar-refractivity contribution in [3.63, 3.8) is 0 Å². The molecule has 0 aromatic carbocycles. The first-order valence-electron chi connectivity index (χ1n) is 12.8. The van der Waals surface area contributed by atoms with Gasteiger partial charge in [-0.3, -0.25) is 0 Å². The van der Waals surface area contributed by atoms with Crippen LogP contribution in [0.2, 0.25) is 0 Å². The normalized spacial score (nSPS) is 11.9. The monoisotopic (exact) mass is 603 g/mol. The van der Waals surface area contributed by atoms with Crippen LogP contribution in [0, 0.1) is 50.4 Å². The first kappa shape index (κ1) is 26.7. The maximum absolute atomic E-state index is 10.5. The Morgan fingerprint density at radius 3 is 1.53 bits per heavy atom. The fourth-order valence-corrected chi connectivity index (χ4v) is 4.34. The van der Waals surface area contributed by atoms with Gasteiger partial charge in [0.2, 0.25) is 0 Å². The van der Waals surface area contributed by atoms with Gasteiger partial charge in [0, 0.05) is 0 Å². The van der Waals surface area contributed by atoms with Crippen LogP contribution in [0.3, 0.4) is 0 Å². The lowest BCUT2D eigenvalue weighted by atomic mass is 10.4. The van der Waals surface area contributed by atoms with Gasteiger partial charge in [-0.05, 0) is 27.7 Å². The van der Waals surface area contributed by atoms with Gasteiger partial charge in [0.25, 0.3) is 11.9 Å². The van der Waals surface area contributed by atoms with Crippen LogP contribution in [-0.2, 0) is 0 Å². The van der Waals surface area contributed by atoms with Gasteiger partial charge in [-0.25, -0.2) is 0 Å². The zero-order chi connectivity index (χ0) is 31.4. The number of aromatic hydroxyl groups is 1. The summed E-state index contributed by atoms with van der Waals surface area (Å²) in [5.74, 6) is 0.678. The number of hydrogen-bond donors (Lipinski definition) is 3. The number of aromatic amines is 2. The third kappa shape index (κ3) is 4.38. The van der Waals surface area contributed by atoms with Crippen molar-refractivity contribution in [1.82, 2.24) is 74.1 Å². The van der Waals surface area contributed by atoms with E-state index in [1.807, 2.05) is 12.1 Å². The van der Waals surface area contributed by atoms with E-state index >= 15 is 0 Å². The van der Waals surface area contributed by atoms with Crippen LogP contribution >= 0.6 is 0 Å². The van der Waals surface area contributed by atoms with Crippen LogP contribution in [0.15, 0.2) is 32.9 Å². The molecule has 0 saturated heterocycles. The van der Waals surface area contributed by atoms with E-state index in [-0.39, 0.29) is 34.7 Å². The highest BCUT2D eigenvalue weighted by atomic mass is 16.3. The number of nitrogens with zero attached hydrogens (tertiary/aromatic N) is 19. The molecule has 7 aromatic heterocycles. The first-order chi connectivity index (χ1) is 21.7. The van der Waals surface area contributed by atoms with E-state index in [1.165, 1.54) is 21.7 Å². The maximum atomic E-state index is 10.5. The highest BCUT2D eigenvalue weighted by Gasteiger charge is 2.22. The van der Waals surface area contributed by atoms with Crippen LogP contribution in [0.5, 0.6) is 6.01 Å². The van der Waals surface area contributed by atoms with Gasteiger partial charge in [0.15, 0.2) is 34.3 Å². The summed E-state index contributed by atoms with van der Waals surface area (Å²) >= 11 is 0. The second kappa shape index (κ2) is 9.95. The topological polar surface area (TPSA) is 284 Å². The molecule has 0 aliphatic rings. The van der Waals surface area contributed by atoms with Crippen molar-refractivity contribution in [3.05, 3.63) is 46.6 Å². The smallest absolute Gasteiger partial charge is 0.320 e. The molecule has 0 radical (unpaired) electrons. The third-order valence-electron chi connectivity index (χ3n) is 6.31. The van der Waals surface area contributed by atoms with Crippen molar-refractivity contribution in [1.29, 1.82) is 10.5 Å². The molecule has 0 aliphatic carbocycles. The van der Waals surface area contributed by atoms with E-state index in [4.69, 9.17) is 0 Å². The zero-order valence-electron chi connectivity index (χ0n) is 23.6. The summed E-state index contributed by atoms with van der Waals surface area (Å²) in [6.07, 6.45) is 2.48. The number of aryl methyl sites for hydroxylation is 4. The molecule has 0 spiro atoms. The molecule has 7 aromatic rings. The molecule has 0 fully saturated rings. The van der Waals surface area contributed by atoms with Crippen molar-refractivity contribution in [3.8, 4) is 30.0 Å². The first-order valence-corrected chi connectivity index (χ1v) is 12.8. The van der Waals surface area contributed by atoms with Crippen molar-refractivity contribution in [2.45, 2.75) is 27.7 Å². The standard InChI is InChI=1S/C23H17N21O/c1-9-15(19-28-11(3)39-43(19)37-9)33-35-17-13(5-24)7-26-41(17)21-30-22(32-23(45)31-21)42-18(14(6-25)8-27-42)36-34-16-10(2)38-44-20(16)29-12(4)40-44/h7-8H,1-4H3,(H,28,39)(H,29,40)(H,30,31,32,45)/b35-33+,36-34+. The minimum absolute atomic E-state index is 0.0410. The van der Waals surface area contributed by atoms with Crippen LogP contribution in [0.25, 0.3) is 23.2 Å². The Hall–Kier alpha value is -7.23. The Bertz CT molecular complexity index is 2260. The van der Waals surface area contributed by atoms with Crippen molar-refractivity contribution < 1.29 is 5.11 Å². The summed E-state index contributed by atoms with van der Waals surface area (Å²) in [4.78, 5) is 18.4. The average molecular weight is 604 g/mol. The molecule has 22 nitrogen and oxygen atoms in total. The Balaban J connectivity index is 1.30. The van der Waals surface area contributed by atoms with Crippen LogP contribution in [0.1, 0.15) is 34.2 Å². The molecule has 220 valence electrons. The van der Waals surface area contributed by atoms with Gasteiger partial charge in [0.1, 0.15) is 34.9 Å². The van der Waals surface area contributed by atoms with E-state index in [0.717, 1.165) is 9.36 Å². The molecule has 0 saturated carbocycles. The number of azo groups is 2. The number of nitriles is 2. The molecular weight excluding hydrogens is 586 g/mol. The third-order valence-corrected chi connectivity index (χ3v) is 6.31. The summed E-state index contributed by atoms with van der Waals surface area (Å²) < 4.78 is 4.95. The highest BCUT2D eigenvalue weighted by molar-refractivity contribution is 5.67. The van der Waals surface area contributed by atoms with E-state index in [0.29, 0.717) is 45.7 Å². The second-order valence-corrected chi connectivity index (χ2v) is 9.41. The summed E-state index contributed by atoms with van der Waals surface area (Å²) in [6.45, 7) is 6.99. The largest absolute Gasteiger partial charge is 0.479 e. The molecule has 7 heterocycles. The number of nitrogens with one attached hydrogen (secondary N) is 2. The number of hydrogen-bond acceptors (Lipinski definition) is 16. The number of rotatable bonds is 6. The Kier molecular flexibility index (Phi) is 5.89. The Labute approximate surface area is 249 Å². The van der Waals surface area contributed by atoms with Crippen molar-refractivity contribution >= 4 is 34.3 Å². The van der Waals surface area contributed by atoms with E-state index < -0.39 is 6.01 Å². The average Bonchev–Trinajstić information content (AvgIpc) is 3.83. The Morgan fingerprint density at radius 1 is 0.667 bits per heavy atom. The van der Waals surface area contributed by atoms with Crippen LogP contribution in [0.4, 0.5) is 23.0 Å². The number of H-pyrrole nitrogens is 2. The molecular formula is C23H17N21O. The molecule has 22 heteroatoms. The summed E-state index contributed by atoms with van der Waals surface area (Å²) in [5, 5.41) is 72.3. The summed E-state index contributed by atoms with van der Waals surface area (Å²) in [7, 11) is 0. The molecule has 3 N–H and O–H groups in total. The number of fused-ring (bicyclic) bond motifs is 2. The van der Waals surface area contributed by atoms with Gasteiger partial charge >= 0.3 is 6.01 Å². The molecule has 0 atom stereocenters. The maximum Gasteiger partial charge on any atom is 0.320 e. The molecule has 0 amide bonds. The van der Waals surface area contributed by atoms with Gasteiger partial charge in [0.05, 0.1) is 23.8 Å². The number of aromatic nitrogens is 15. The van der Waals surface area contributed by atoms with Gasteiger partial charge in [-0.2, -0.15) is 55.2 Å². The van der Waals surface area contributed by atoms with E-state index in [2.05, 4.69) is 76.0 Å². The minimum atomic E-state index is -0.715. The predicted molar refractivity (Wildman–Crippen MR) is 147 cm³/mol. The fourth-order valence-electron chi connectivity index (χ4n) is 4.34. The lowest BCUT2D eigenvalue weighted by molar-refractivity contribution is 0.423. The van der Waals surface area contributed by atoms with Gasteiger partial charge < -0.3 is 15.1 Å². The lowest BCUT2D eigenvalue weighted by Gasteiger charge is -2.06. The molecule has 0 aliphatic heterocycles. The second-order valence-electron chi connectivity index (χ2n) is 9.41. The summed E-state index contributed by atoms with van der Waals surface area (Å²) in [5.41, 5.74) is 2.93. The SMILES string of the molecule is Cc1nn2nc(C)c(/N=N/c3c(C#N)cnn3-c3nc(O)nc(-n4ncc(C#N)c4/N=N/c4c(C)nn5nc(C)[nH]c45)n3)c2[nH]1. The van der Waals surface area contributed by atoms with Crippen LogP contribution < -0.4 is 0 Å². The van der Waals surface area contributed by atoms with E-state index in [1.54, 1.807) is 27.7 Å². The van der Waals surface area contributed by atoms with Gasteiger partial charge in [-0.15, -0.1) is 39.9 Å². The predicted octanol–water partition coefficient (Wildman–Crippen LogP) is 2.50. The lowest BCUT2D eigenvalue weighted by Crippen LogP contribution is -2.10. The molecule has 7 rings (SSSR count). The molecule has 45 heavy (non-hydrogen) atoms. The van der Waals surface area contributed by atoms with Gasteiger partial charge in [-0.1, -0.05) is 0 Å².